The highest BCUT2D eigenvalue weighted by atomic mass is 16.5. The van der Waals surface area contributed by atoms with E-state index in [0.29, 0.717) is 12.3 Å². The zero-order chi connectivity index (χ0) is 13.7. The van der Waals surface area contributed by atoms with E-state index < -0.39 is 5.43 Å². The van der Waals surface area contributed by atoms with E-state index in [0.717, 1.165) is 11.3 Å². The summed E-state index contributed by atoms with van der Waals surface area (Å²) in [5.41, 5.74) is 1.24. The Morgan fingerprint density at radius 2 is 2.00 bits per heavy atom. The number of aromatic hydroxyl groups is 1. The third kappa shape index (κ3) is 3.48. The van der Waals surface area contributed by atoms with Crippen LogP contribution in [0.2, 0.25) is 0 Å². The Morgan fingerprint density at radius 3 is 2.63 bits per heavy atom. The van der Waals surface area contributed by atoms with Gasteiger partial charge in [-0.2, -0.15) is 0 Å². The molecule has 1 aromatic heterocycles. The summed E-state index contributed by atoms with van der Waals surface area (Å²) in [7, 11) is 0. The van der Waals surface area contributed by atoms with Gasteiger partial charge in [0.2, 0.25) is 5.43 Å². The molecule has 4 heteroatoms. The molecule has 0 aliphatic heterocycles. The minimum Gasteiger partial charge on any atom is -0.503 e. The molecule has 0 unspecified atom stereocenters. The molecular weight excluding hydrogens is 242 g/mol. The maximum Gasteiger partial charge on any atom is 0.223 e. The van der Waals surface area contributed by atoms with E-state index >= 15 is 0 Å². The smallest absolute Gasteiger partial charge is 0.223 e. The van der Waals surface area contributed by atoms with Crippen molar-refractivity contribution in [1.82, 2.24) is 4.98 Å². The SMILES string of the molecule is CCOc1ccc(/C=C/c2cc(=O)c(O)c[nH]2)cc1. The van der Waals surface area contributed by atoms with Crippen molar-refractivity contribution in [2.45, 2.75) is 6.92 Å². The molecule has 1 aromatic carbocycles. The van der Waals surface area contributed by atoms with Gasteiger partial charge in [-0.25, -0.2) is 0 Å². The van der Waals surface area contributed by atoms with Crippen molar-refractivity contribution in [3.8, 4) is 11.5 Å². The van der Waals surface area contributed by atoms with E-state index in [4.69, 9.17) is 9.84 Å². The molecule has 0 aliphatic rings. The van der Waals surface area contributed by atoms with Crippen LogP contribution in [0.25, 0.3) is 12.2 Å². The first kappa shape index (κ1) is 13.0. The molecule has 2 N–H and O–H groups in total. The van der Waals surface area contributed by atoms with Crippen molar-refractivity contribution in [2.24, 2.45) is 0 Å². The minimum absolute atomic E-state index is 0.279. The van der Waals surface area contributed by atoms with E-state index in [1.54, 1.807) is 6.08 Å². The molecule has 4 nitrogen and oxygen atoms in total. The molecule has 0 amide bonds. The van der Waals surface area contributed by atoms with Gasteiger partial charge in [-0.1, -0.05) is 18.2 Å². The van der Waals surface area contributed by atoms with Gasteiger partial charge in [0.05, 0.1) is 6.61 Å². The van der Waals surface area contributed by atoms with Crippen molar-refractivity contribution in [2.75, 3.05) is 6.61 Å². The van der Waals surface area contributed by atoms with Crippen LogP contribution in [0.4, 0.5) is 0 Å². The molecule has 0 spiro atoms. The molecule has 0 saturated heterocycles. The number of nitrogens with one attached hydrogen (secondary N) is 1. The number of hydrogen-bond acceptors (Lipinski definition) is 3. The average molecular weight is 257 g/mol. The largest absolute Gasteiger partial charge is 0.503 e. The number of hydrogen-bond donors (Lipinski definition) is 2. The number of ether oxygens (including phenoxy) is 1. The van der Waals surface area contributed by atoms with E-state index in [1.165, 1.54) is 12.3 Å². The van der Waals surface area contributed by atoms with Gasteiger partial charge < -0.3 is 14.8 Å². The summed E-state index contributed by atoms with van der Waals surface area (Å²) >= 11 is 0. The number of rotatable bonds is 4. The van der Waals surface area contributed by atoms with E-state index in [1.807, 2.05) is 37.3 Å². The Morgan fingerprint density at radius 1 is 1.26 bits per heavy atom. The number of pyridine rings is 1. The third-order valence-corrected chi connectivity index (χ3v) is 2.56. The van der Waals surface area contributed by atoms with Gasteiger partial charge in [-0.15, -0.1) is 0 Å². The first-order valence-electron chi connectivity index (χ1n) is 6.01. The molecule has 0 saturated carbocycles. The van der Waals surface area contributed by atoms with Crippen LogP contribution in [0, 0.1) is 0 Å². The molecule has 19 heavy (non-hydrogen) atoms. The quantitative estimate of drug-likeness (QED) is 0.885. The van der Waals surface area contributed by atoms with Crippen LogP contribution < -0.4 is 10.2 Å². The second-order valence-corrected chi connectivity index (χ2v) is 3.97. The highest BCUT2D eigenvalue weighted by Gasteiger charge is 1.96. The van der Waals surface area contributed by atoms with E-state index in [2.05, 4.69) is 4.98 Å². The monoisotopic (exact) mass is 257 g/mol. The summed E-state index contributed by atoms with van der Waals surface area (Å²) in [5, 5.41) is 9.13. The maximum atomic E-state index is 11.2. The van der Waals surface area contributed by atoms with Crippen LogP contribution in [-0.2, 0) is 0 Å². The lowest BCUT2D eigenvalue weighted by atomic mass is 10.2. The molecule has 0 atom stereocenters. The van der Waals surface area contributed by atoms with Crippen LogP contribution in [-0.4, -0.2) is 16.7 Å². The third-order valence-electron chi connectivity index (χ3n) is 2.56. The first-order chi connectivity index (χ1) is 9.19. The van der Waals surface area contributed by atoms with E-state index in [-0.39, 0.29) is 5.75 Å². The van der Waals surface area contributed by atoms with Crippen molar-refractivity contribution in [3.63, 3.8) is 0 Å². The number of aromatic amines is 1. The minimum atomic E-state index is -0.398. The molecule has 0 bridgehead atoms. The number of aromatic nitrogens is 1. The van der Waals surface area contributed by atoms with Gasteiger partial charge >= 0.3 is 0 Å². The average Bonchev–Trinajstić information content (AvgIpc) is 2.42. The molecule has 0 fully saturated rings. The Hall–Kier alpha value is -2.49. The fraction of sp³-hybridized carbons (Fsp3) is 0.133. The maximum absolute atomic E-state index is 11.2. The number of benzene rings is 1. The highest BCUT2D eigenvalue weighted by molar-refractivity contribution is 5.68. The van der Waals surface area contributed by atoms with Crippen molar-refractivity contribution >= 4 is 12.2 Å². The normalized spacial score (nSPS) is 10.8. The van der Waals surface area contributed by atoms with Crippen LogP contribution in [0.15, 0.2) is 41.3 Å². The lowest BCUT2D eigenvalue weighted by Gasteiger charge is -2.02. The fourth-order valence-corrected chi connectivity index (χ4v) is 1.60. The van der Waals surface area contributed by atoms with Crippen LogP contribution in [0.3, 0.4) is 0 Å². The number of H-pyrrole nitrogens is 1. The fourth-order valence-electron chi connectivity index (χ4n) is 1.60. The molecular formula is C15H15NO3. The van der Waals surface area contributed by atoms with Gasteiger partial charge in [-0.05, 0) is 30.7 Å². The Labute approximate surface area is 111 Å². The summed E-state index contributed by atoms with van der Waals surface area (Å²) in [6.07, 6.45) is 4.93. The van der Waals surface area contributed by atoms with Gasteiger partial charge in [-0.3, -0.25) is 4.79 Å². The van der Waals surface area contributed by atoms with Crippen molar-refractivity contribution < 1.29 is 9.84 Å². The first-order valence-corrected chi connectivity index (χ1v) is 6.01. The standard InChI is InChI=1S/C15H15NO3/c1-2-19-13-7-4-11(5-8-13)3-6-12-9-14(17)15(18)10-16-12/h3-10,18H,2H2,1H3,(H,16,17)/b6-3+. The summed E-state index contributed by atoms with van der Waals surface area (Å²) in [6.45, 7) is 2.58. The second-order valence-electron chi connectivity index (χ2n) is 3.97. The van der Waals surface area contributed by atoms with Crippen LogP contribution >= 0.6 is 0 Å². The highest BCUT2D eigenvalue weighted by Crippen LogP contribution is 2.14. The Kier molecular flexibility index (Phi) is 4.03. The van der Waals surface area contributed by atoms with Gasteiger partial charge in [0, 0.05) is 18.0 Å². The molecule has 1 heterocycles. The lowest BCUT2D eigenvalue weighted by molar-refractivity contribution is 0.340. The molecule has 0 aliphatic carbocycles. The zero-order valence-electron chi connectivity index (χ0n) is 10.6. The summed E-state index contributed by atoms with van der Waals surface area (Å²) in [6, 6.07) is 8.99. The zero-order valence-corrected chi connectivity index (χ0v) is 10.6. The summed E-state index contributed by atoms with van der Waals surface area (Å²) < 4.78 is 5.35. The molecule has 98 valence electrons. The van der Waals surface area contributed by atoms with Crippen molar-refractivity contribution in [3.05, 3.63) is 58.0 Å². The van der Waals surface area contributed by atoms with Crippen LogP contribution in [0.1, 0.15) is 18.2 Å². The molecule has 2 aromatic rings. The van der Waals surface area contributed by atoms with Gasteiger partial charge in [0.15, 0.2) is 5.75 Å². The van der Waals surface area contributed by atoms with Crippen LogP contribution in [0.5, 0.6) is 11.5 Å². The molecule has 2 rings (SSSR count). The van der Waals surface area contributed by atoms with E-state index in [9.17, 15) is 4.79 Å². The predicted octanol–water partition coefficient (Wildman–Crippen LogP) is 2.65. The topological polar surface area (TPSA) is 62.3 Å². The Balaban J connectivity index is 2.13. The molecule has 0 radical (unpaired) electrons. The second kappa shape index (κ2) is 5.91. The summed E-state index contributed by atoms with van der Waals surface area (Å²) in [5.74, 6) is 0.552. The van der Waals surface area contributed by atoms with Gasteiger partial charge in [0.25, 0.3) is 0 Å². The van der Waals surface area contributed by atoms with Gasteiger partial charge in [0.1, 0.15) is 5.75 Å². The predicted molar refractivity (Wildman–Crippen MR) is 75.3 cm³/mol. The van der Waals surface area contributed by atoms with Crippen molar-refractivity contribution in [1.29, 1.82) is 0 Å². The Bertz CT molecular complexity index is 627. The summed E-state index contributed by atoms with van der Waals surface area (Å²) in [4.78, 5) is 14.1. The lowest BCUT2D eigenvalue weighted by Crippen LogP contribution is -1.99.